The van der Waals surface area contributed by atoms with Gasteiger partial charge in [-0.2, -0.15) is 15.3 Å². The van der Waals surface area contributed by atoms with Crippen LogP contribution in [0.2, 0.25) is 5.02 Å². The number of carbonyl (C=O) groups excluding carboxylic acids is 3. The van der Waals surface area contributed by atoms with Crippen molar-refractivity contribution >= 4 is 62.0 Å². The molecule has 0 bridgehead atoms. The number of nitrogens with zero attached hydrogens (tertiary/aromatic N) is 12. The highest BCUT2D eigenvalue weighted by molar-refractivity contribution is 6.33. The maximum atomic E-state index is 12.2. The van der Waals surface area contributed by atoms with E-state index in [1.165, 1.54) is 55.0 Å². The first-order chi connectivity index (χ1) is 49.9. The zero-order chi connectivity index (χ0) is 69.8. The molecule has 19 nitrogen and oxygen atoms in total. The quantitative estimate of drug-likeness (QED) is 0.0831. The Morgan fingerprint density at radius 3 is 1.50 bits per heavy atom. The average Bonchev–Trinajstić information content (AvgIpc) is 1.32. The minimum atomic E-state index is -0.0273. The summed E-state index contributed by atoms with van der Waals surface area (Å²) >= 11 is 6.38. The molecule has 20 heteroatoms. The molecule has 3 aliphatic carbocycles. The third-order valence-electron chi connectivity index (χ3n) is 20.9. The van der Waals surface area contributed by atoms with Gasteiger partial charge >= 0.3 is 0 Å². The summed E-state index contributed by atoms with van der Waals surface area (Å²) in [5, 5.41) is 18.5. The summed E-state index contributed by atoms with van der Waals surface area (Å²) in [4.78, 5) is 54.7. The van der Waals surface area contributed by atoms with Gasteiger partial charge < -0.3 is 33.6 Å². The molecule has 9 heterocycles. The number of halogens is 1. The molecular formula is C82H81ClN12O7. The van der Waals surface area contributed by atoms with Crippen molar-refractivity contribution < 1.29 is 33.3 Å². The van der Waals surface area contributed by atoms with Gasteiger partial charge in [-0.1, -0.05) is 56.0 Å². The minimum absolute atomic E-state index is 0.0124. The van der Waals surface area contributed by atoms with Gasteiger partial charge in [0.25, 0.3) is 0 Å². The van der Waals surface area contributed by atoms with E-state index in [1.54, 1.807) is 37.8 Å². The van der Waals surface area contributed by atoms with Crippen LogP contribution in [-0.4, -0.2) is 129 Å². The molecule has 6 aromatic heterocycles. The molecule has 2 saturated carbocycles. The van der Waals surface area contributed by atoms with Gasteiger partial charge in [-0.15, -0.1) is 0 Å². The second kappa shape index (κ2) is 29.3. The normalized spacial score (nSPS) is 17.7. The lowest BCUT2D eigenvalue weighted by atomic mass is 9.60. The number of aromatic nitrogens is 9. The smallest absolute Gasteiger partial charge is 0.246 e. The molecule has 5 fully saturated rings. The third kappa shape index (κ3) is 13.6. The second-order valence-corrected chi connectivity index (χ2v) is 27.8. The van der Waals surface area contributed by atoms with Gasteiger partial charge in [0.05, 0.1) is 47.9 Å². The van der Waals surface area contributed by atoms with Gasteiger partial charge in [0.2, 0.25) is 17.7 Å². The molecule has 3 aliphatic heterocycles. The van der Waals surface area contributed by atoms with Crippen molar-refractivity contribution in [2.24, 2.45) is 5.41 Å². The first-order valence-electron chi connectivity index (χ1n) is 35.4. The van der Waals surface area contributed by atoms with Gasteiger partial charge in [0.15, 0.2) is 0 Å². The Bertz CT molecular complexity index is 4930. The number of amides is 3. The van der Waals surface area contributed by atoms with Gasteiger partial charge in [-0.3, -0.25) is 43.4 Å². The Morgan fingerprint density at radius 1 is 0.490 bits per heavy atom. The number of rotatable bonds is 16. The highest BCUT2D eigenvalue weighted by atomic mass is 35.5. The van der Waals surface area contributed by atoms with Crippen LogP contribution in [0.1, 0.15) is 99.9 Å². The Kier molecular flexibility index (Phi) is 19.3. The molecule has 102 heavy (non-hydrogen) atoms. The van der Waals surface area contributed by atoms with Crippen LogP contribution in [0, 0.1) is 5.41 Å². The van der Waals surface area contributed by atoms with E-state index in [-0.39, 0.29) is 35.2 Å². The molecule has 6 aliphatic rings. The van der Waals surface area contributed by atoms with E-state index in [0.717, 1.165) is 161 Å². The summed E-state index contributed by atoms with van der Waals surface area (Å²) in [6.45, 7) is 15.2. The monoisotopic (exact) mass is 1380 g/mol. The number of aryl methyl sites for hydroxylation is 1. The minimum Gasteiger partial charge on any atom is -0.495 e. The van der Waals surface area contributed by atoms with Crippen LogP contribution in [0.3, 0.4) is 0 Å². The number of hydrogen-bond donors (Lipinski definition) is 0. The molecule has 0 N–H and O–H groups in total. The van der Waals surface area contributed by atoms with Crippen molar-refractivity contribution in [2.75, 3.05) is 46.4 Å². The number of fused-ring (bicyclic) bond motifs is 4. The number of methoxy groups -OCH3 is 1. The van der Waals surface area contributed by atoms with Crippen molar-refractivity contribution in [1.82, 2.24) is 59.0 Å². The Hall–Kier alpha value is -10.9. The second-order valence-electron chi connectivity index (χ2n) is 27.4. The van der Waals surface area contributed by atoms with E-state index < -0.39 is 0 Å². The summed E-state index contributed by atoms with van der Waals surface area (Å²) in [5.74, 6) is 4.45. The van der Waals surface area contributed by atoms with Crippen molar-refractivity contribution in [2.45, 2.75) is 108 Å². The Morgan fingerprint density at radius 2 is 0.961 bits per heavy atom. The Balaban J connectivity index is 0.000000124. The number of benzene rings is 5. The zero-order valence-corrected chi connectivity index (χ0v) is 58.0. The van der Waals surface area contributed by atoms with Crippen LogP contribution >= 0.6 is 11.6 Å². The maximum absolute atomic E-state index is 12.2. The molecule has 3 amide bonds. The predicted octanol–water partition coefficient (Wildman–Crippen LogP) is 16.4. The molecule has 17 rings (SSSR count). The first kappa shape index (κ1) is 66.9. The third-order valence-corrected chi connectivity index (χ3v) is 21.3. The molecule has 0 radical (unpaired) electrons. The largest absolute Gasteiger partial charge is 0.495 e. The molecule has 518 valence electrons. The molecule has 3 saturated heterocycles. The number of pyridine rings is 3. The maximum Gasteiger partial charge on any atom is 0.246 e. The van der Waals surface area contributed by atoms with Crippen molar-refractivity contribution in [3.8, 4) is 68.3 Å². The van der Waals surface area contributed by atoms with E-state index >= 15 is 0 Å². The van der Waals surface area contributed by atoms with E-state index in [9.17, 15) is 14.4 Å². The van der Waals surface area contributed by atoms with Crippen LogP contribution in [-0.2, 0) is 27.2 Å². The van der Waals surface area contributed by atoms with Gasteiger partial charge in [0.1, 0.15) is 56.6 Å². The summed E-state index contributed by atoms with van der Waals surface area (Å²) in [5.41, 5.74) is 11.9. The summed E-state index contributed by atoms with van der Waals surface area (Å²) in [6, 6.07) is 42.6. The SMILES string of the molecule is C=CC(=O)N1CC2(CC(n3nc(-c4ccc(Oc5cccc(OC)c5Cl)cc4)c4cnccc43)C2)C1.C=CC(=O)N1CCC[C@@H](n2nc(-c3ccc(OC4CCCCC4)cc3)c3cnccc32)C1.C=CC(=O)N1CC[C@@H](n2nc(-c3ccc(Oc4cccc5c4CCC5)cc3)c3cnccc32)C1. The van der Waals surface area contributed by atoms with E-state index in [1.807, 2.05) is 94.0 Å². The molecular weight excluding hydrogens is 1300 g/mol. The molecule has 0 unspecified atom stereocenters. The van der Waals surface area contributed by atoms with Crippen LogP contribution < -0.4 is 18.9 Å². The highest BCUT2D eigenvalue weighted by Gasteiger charge is 2.54. The van der Waals surface area contributed by atoms with Crippen LogP contribution in [0.5, 0.6) is 34.5 Å². The highest BCUT2D eigenvalue weighted by Crippen LogP contribution is 2.55. The van der Waals surface area contributed by atoms with Gasteiger partial charge in [0, 0.05) is 115 Å². The lowest BCUT2D eigenvalue weighted by Crippen LogP contribution is -2.63. The van der Waals surface area contributed by atoms with Crippen LogP contribution in [0.25, 0.3) is 66.5 Å². The fourth-order valence-electron chi connectivity index (χ4n) is 15.7. The van der Waals surface area contributed by atoms with Gasteiger partial charge in [-0.05, 0) is 216 Å². The predicted molar refractivity (Wildman–Crippen MR) is 396 cm³/mol. The number of carbonyl (C=O) groups is 3. The average molecular weight is 1380 g/mol. The fourth-order valence-corrected chi connectivity index (χ4v) is 15.9. The van der Waals surface area contributed by atoms with E-state index in [4.69, 9.17) is 45.8 Å². The first-order valence-corrected chi connectivity index (χ1v) is 35.8. The van der Waals surface area contributed by atoms with Gasteiger partial charge in [-0.25, -0.2) is 0 Å². The fraction of sp³-hybridized carbons (Fsp3) is 0.305. The molecule has 5 aromatic carbocycles. The lowest BCUT2D eigenvalue weighted by Gasteiger charge is -2.58. The van der Waals surface area contributed by atoms with E-state index in [2.05, 4.69) is 103 Å². The van der Waals surface area contributed by atoms with Crippen LogP contribution in [0.15, 0.2) is 203 Å². The number of hydrogen-bond acceptors (Lipinski definition) is 13. The van der Waals surface area contributed by atoms with Crippen molar-refractivity contribution in [3.63, 3.8) is 0 Å². The van der Waals surface area contributed by atoms with Crippen molar-refractivity contribution in [1.29, 1.82) is 0 Å². The summed E-state index contributed by atoms with van der Waals surface area (Å²) in [6.07, 6.45) is 29.9. The van der Waals surface area contributed by atoms with E-state index in [0.29, 0.717) is 54.1 Å². The lowest BCUT2D eigenvalue weighted by molar-refractivity contribution is -0.148. The number of ether oxygens (including phenoxy) is 4. The number of piperidine rings is 1. The van der Waals surface area contributed by atoms with Crippen LogP contribution in [0.4, 0.5) is 0 Å². The summed E-state index contributed by atoms with van der Waals surface area (Å²) < 4.78 is 30.0. The zero-order valence-electron chi connectivity index (χ0n) is 57.3. The topological polar surface area (TPSA) is 190 Å². The number of likely N-dealkylation sites (tertiary alicyclic amines) is 3. The molecule has 11 aromatic rings. The molecule has 1 spiro atoms. The molecule has 2 atom stereocenters. The standard InChI is InChI=1S/C28H25ClN4O3.C28H26N4O2.C26H30N4O2/c1-3-25(34)32-16-28(17-32)13-19(14-28)33-22-11-12-30-15-21(22)27(31-33)18-7-9-20(10-8-18)36-24-6-4-5-23(35-2)26(24)29;1-2-27(33)31-16-14-21(18-31)32-25-13-15-29-17-24(25)28(30-32)20-9-11-22(12-10-20)34-26-8-4-6-19-5-3-7-23(19)26;1-2-25(31)29-16-6-7-20(18-29)30-24-14-15-27-17-23(24)26(28-30)19-10-12-22(13-11-19)32-21-8-4-3-5-9-21/h3-12,15,19H,1,13-14,16-17H2,2H3;2,4,6,8-13,15,17,21H,1,3,5,7,14,16,18H2;2,10-15,17,20-21H,1,3-9,16,18H2/t;21-;20-/m.11/s1. The Labute approximate surface area is 597 Å². The van der Waals surface area contributed by atoms with Crippen molar-refractivity contribution in [3.05, 3.63) is 219 Å². The summed E-state index contributed by atoms with van der Waals surface area (Å²) in [7, 11) is 1.58.